The van der Waals surface area contributed by atoms with Crippen molar-refractivity contribution in [3.8, 4) is 0 Å². The molecule has 0 aliphatic rings. The van der Waals surface area contributed by atoms with Crippen molar-refractivity contribution in [2.75, 3.05) is 0 Å². The summed E-state index contributed by atoms with van der Waals surface area (Å²) in [7, 11) is 0. The summed E-state index contributed by atoms with van der Waals surface area (Å²) in [4.78, 5) is 8.69. The Hall–Kier alpha value is -1.65. The highest BCUT2D eigenvalue weighted by Gasteiger charge is 2.13. The summed E-state index contributed by atoms with van der Waals surface area (Å²) < 4.78 is 7.27. The molecule has 2 rings (SSSR count). The van der Waals surface area contributed by atoms with Crippen molar-refractivity contribution in [1.29, 1.82) is 0 Å². The molecule has 0 aliphatic carbocycles. The third-order valence-corrected chi connectivity index (χ3v) is 2.57. The van der Waals surface area contributed by atoms with Crippen LogP contribution in [0.4, 0.5) is 0 Å². The van der Waals surface area contributed by atoms with Gasteiger partial charge in [-0.25, -0.2) is 4.98 Å². The molecule has 0 saturated carbocycles. The maximum Gasteiger partial charge on any atom is 0.246 e. The molecule has 0 amide bonds. The molecule has 17 heavy (non-hydrogen) atoms. The maximum atomic E-state index is 5.22. The SMILES string of the molecule is CC(C)c1noc(Cn2ccnc2C(C)C)n1. The van der Waals surface area contributed by atoms with Crippen molar-refractivity contribution in [3.63, 3.8) is 0 Å². The summed E-state index contributed by atoms with van der Waals surface area (Å²) in [6.45, 7) is 8.92. The Kier molecular flexibility index (Phi) is 3.26. The van der Waals surface area contributed by atoms with Gasteiger partial charge in [0, 0.05) is 24.2 Å². The van der Waals surface area contributed by atoms with Crippen molar-refractivity contribution in [2.24, 2.45) is 0 Å². The fourth-order valence-corrected chi connectivity index (χ4v) is 1.67. The molecule has 0 fully saturated rings. The standard InChI is InChI=1S/C12H18N4O/c1-8(2)11-14-10(17-15-11)7-16-6-5-13-12(16)9(3)4/h5-6,8-9H,7H2,1-4H3. The van der Waals surface area contributed by atoms with Gasteiger partial charge in [0.05, 0.1) is 0 Å². The van der Waals surface area contributed by atoms with E-state index in [1.54, 1.807) is 6.20 Å². The monoisotopic (exact) mass is 234 g/mol. The van der Waals surface area contributed by atoms with Crippen molar-refractivity contribution in [1.82, 2.24) is 19.7 Å². The molecule has 0 unspecified atom stereocenters. The Morgan fingerprint density at radius 3 is 2.59 bits per heavy atom. The normalized spacial score (nSPS) is 11.6. The lowest BCUT2D eigenvalue weighted by Crippen LogP contribution is -2.06. The van der Waals surface area contributed by atoms with E-state index in [1.807, 2.05) is 24.6 Å². The van der Waals surface area contributed by atoms with Gasteiger partial charge in [-0.1, -0.05) is 32.9 Å². The van der Waals surface area contributed by atoms with Crippen molar-refractivity contribution in [3.05, 3.63) is 29.9 Å². The molecule has 2 aromatic heterocycles. The first kappa shape index (κ1) is 11.8. The molecule has 2 aromatic rings. The molecule has 0 atom stereocenters. The average Bonchev–Trinajstić information content (AvgIpc) is 2.86. The number of hydrogen-bond acceptors (Lipinski definition) is 4. The molecule has 0 radical (unpaired) electrons. The van der Waals surface area contributed by atoms with Gasteiger partial charge < -0.3 is 9.09 Å². The minimum atomic E-state index is 0.292. The largest absolute Gasteiger partial charge is 0.337 e. The van der Waals surface area contributed by atoms with Crippen LogP contribution in [0.15, 0.2) is 16.9 Å². The van der Waals surface area contributed by atoms with Crippen LogP contribution >= 0.6 is 0 Å². The first-order chi connectivity index (χ1) is 8.08. The lowest BCUT2D eigenvalue weighted by molar-refractivity contribution is 0.362. The predicted molar refractivity (Wildman–Crippen MR) is 63.8 cm³/mol. The number of rotatable bonds is 4. The smallest absolute Gasteiger partial charge is 0.246 e. The summed E-state index contributed by atoms with van der Waals surface area (Å²) in [5.74, 6) is 3.10. The van der Waals surface area contributed by atoms with Crippen LogP contribution in [-0.2, 0) is 6.54 Å². The summed E-state index contributed by atoms with van der Waals surface area (Å²) in [5, 5.41) is 3.95. The molecular weight excluding hydrogens is 216 g/mol. The molecule has 0 N–H and O–H groups in total. The minimum absolute atomic E-state index is 0.292. The molecule has 0 aromatic carbocycles. The van der Waals surface area contributed by atoms with Crippen LogP contribution in [0.25, 0.3) is 0 Å². The van der Waals surface area contributed by atoms with Crippen LogP contribution in [0.2, 0.25) is 0 Å². The van der Waals surface area contributed by atoms with E-state index < -0.39 is 0 Å². The quantitative estimate of drug-likeness (QED) is 0.815. The Labute approximate surface area is 101 Å². The third-order valence-electron chi connectivity index (χ3n) is 2.57. The number of aromatic nitrogens is 4. The van der Waals surface area contributed by atoms with E-state index in [4.69, 9.17) is 4.52 Å². The van der Waals surface area contributed by atoms with Crippen LogP contribution in [0.3, 0.4) is 0 Å². The molecule has 0 saturated heterocycles. The number of hydrogen-bond donors (Lipinski definition) is 0. The van der Waals surface area contributed by atoms with Gasteiger partial charge in [-0.3, -0.25) is 0 Å². The van der Waals surface area contributed by atoms with Crippen molar-refractivity contribution < 1.29 is 4.52 Å². The number of nitrogens with zero attached hydrogens (tertiary/aromatic N) is 4. The molecule has 0 spiro atoms. The predicted octanol–water partition coefficient (Wildman–Crippen LogP) is 2.56. The Bertz CT molecular complexity index is 484. The van der Waals surface area contributed by atoms with E-state index in [9.17, 15) is 0 Å². The van der Waals surface area contributed by atoms with Gasteiger partial charge in [0.1, 0.15) is 12.4 Å². The van der Waals surface area contributed by atoms with Gasteiger partial charge in [0.15, 0.2) is 5.82 Å². The lowest BCUT2D eigenvalue weighted by Gasteiger charge is -2.07. The second-order valence-electron chi connectivity index (χ2n) is 4.77. The minimum Gasteiger partial charge on any atom is -0.337 e. The van der Waals surface area contributed by atoms with Gasteiger partial charge >= 0.3 is 0 Å². The first-order valence-corrected chi connectivity index (χ1v) is 5.91. The summed E-state index contributed by atoms with van der Waals surface area (Å²) in [6, 6.07) is 0. The fraction of sp³-hybridized carbons (Fsp3) is 0.583. The zero-order chi connectivity index (χ0) is 12.4. The van der Waals surface area contributed by atoms with E-state index in [1.165, 1.54) is 0 Å². The molecular formula is C12H18N4O. The van der Waals surface area contributed by atoms with Gasteiger partial charge in [-0.2, -0.15) is 4.98 Å². The fourth-order valence-electron chi connectivity index (χ4n) is 1.67. The van der Waals surface area contributed by atoms with Crippen molar-refractivity contribution in [2.45, 2.75) is 46.1 Å². The lowest BCUT2D eigenvalue weighted by atomic mass is 10.2. The highest BCUT2D eigenvalue weighted by molar-refractivity contribution is 5.01. The van der Waals surface area contributed by atoms with Crippen LogP contribution in [-0.4, -0.2) is 19.7 Å². The molecule has 0 aliphatic heterocycles. The maximum absolute atomic E-state index is 5.22. The van der Waals surface area contributed by atoms with Gasteiger partial charge in [-0.05, 0) is 0 Å². The second kappa shape index (κ2) is 4.69. The Morgan fingerprint density at radius 1 is 1.24 bits per heavy atom. The molecule has 5 nitrogen and oxygen atoms in total. The van der Waals surface area contributed by atoms with Crippen LogP contribution in [0, 0.1) is 0 Å². The average molecular weight is 234 g/mol. The zero-order valence-corrected chi connectivity index (χ0v) is 10.7. The molecule has 2 heterocycles. The molecule has 5 heteroatoms. The highest BCUT2D eigenvalue weighted by Crippen LogP contribution is 2.14. The third kappa shape index (κ3) is 2.54. The van der Waals surface area contributed by atoms with Crippen LogP contribution in [0.1, 0.15) is 57.1 Å². The Morgan fingerprint density at radius 2 is 2.00 bits per heavy atom. The topological polar surface area (TPSA) is 56.7 Å². The number of imidazole rings is 1. The summed E-state index contributed by atoms with van der Waals surface area (Å²) in [5.41, 5.74) is 0. The van der Waals surface area contributed by atoms with E-state index >= 15 is 0 Å². The van der Waals surface area contributed by atoms with Crippen molar-refractivity contribution >= 4 is 0 Å². The van der Waals surface area contributed by atoms with Crippen LogP contribution in [0.5, 0.6) is 0 Å². The van der Waals surface area contributed by atoms with E-state index in [0.29, 0.717) is 24.3 Å². The van der Waals surface area contributed by atoms with Crippen LogP contribution < -0.4 is 0 Å². The zero-order valence-electron chi connectivity index (χ0n) is 10.7. The highest BCUT2D eigenvalue weighted by atomic mass is 16.5. The Balaban J connectivity index is 2.17. The van der Waals surface area contributed by atoms with E-state index in [-0.39, 0.29) is 0 Å². The van der Waals surface area contributed by atoms with Gasteiger partial charge in [0.25, 0.3) is 0 Å². The second-order valence-corrected chi connectivity index (χ2v) is 4.77. The summed E-state index contributed by atoms with van der Waals surface area (Å²) >= 11 is 0. The first-order valence-electron chi connectivity index (χ1n) is 5.91. The summed E-state index contributed by atoms with van der Waals surface area (Å²) in [6.07, 6.45) is 3.74. The molecule has 92 valence electrons. The van der Waals surface area contributed by atoms with E-state index in [0.717, 1.165) is 11.6 Å². The van der Waals surface area contributed by atoms with E-state index in [2.05, 4.69) is 29.0 Å². The molecule has 0 bridgehead atoms. The van der Waals surface area contributed by atoms with Gasteiger partial charge in [-0.15, -0.1) is 0 Å². The van der Waals surface area contributed by atoms with Gasteiger partial charge in [0.2, 0.25) is 5.89 Å².